The van der Waals surface area contributed by atoms with Gasteiger partial charge < -0.3 is 10.4 Å². The van der Waals surface area contributed by atoms with Crippen molar-refractivity contribution >= 4 is 16.9 Å². The number of benzene rings is 1. The number of carbonyl (C=O) groups is 1. The molecule has 3 aromatic rings. The van der Waals surface area contributed by atoms with Gasteiger partial charge in [0.25, 0.3) is 0 Å². The van der Waals surface area contributed by atoms with E-state index in [1.165, 1.54) is 6.07 Å². The second kappa shape index (κ2) is 10.4. The normalized spacial score (nSPS) is 15.0. The summed E-state index contributed by atoms with van der Waals surface area (Å²) >= 11 is 0. The van der Waals surface area contributed by atoms with Crippen molar-refractivity contribution < 1.29 is 27.5 Å². The average Bonchev–Trinajstić information content (AvgIpc) is 3.03. The molecule has 1 aliphatic rings. The predicted octanol–water partition coefficient (Wildman–Crippen LogP) is 3.26. The van der Waals surface area contributed by atoms with Crippen molar-refractivity contribution in [3.8, 4) is 11.3 Å². The standard InChI is InChI=1S/C19H20FN5.C2HF3O2/c20-17-4-1-3-14-9-15(10-24-19(14)17)18-12-22-16(11-23-18)13-25-7-2-5-21-6-8-25;3-2(4,5)1(6)7/h1,3-4,9-12,21H,2,5-8,13H2;(H,6,7). The topological polar surface area (TPSA) is 91.2 Å². The van der Waals surface area contributed by atoms with Gasteiger partial charge in [-0.3, -0.25) is 19.9 Å². The molecule has 1 aliphatic heterocycles. The Hall–Kier alpha value is -3.18. The molecular weight excluding hydrogens is 430 g/mol. The van der Waals surface area contributed by atoms with Crippen LogP contribution in [-0.4, -0.2) is 63.3 Å². The smallest absolute Gasteiger partial charge is 0.475 e. The monoisotopic (exact) mass is 451 g/mol. The fraction of sp³-hybridized carbons (Fsp3) is 0.333. The maximum Gasteiger partial charge on any atom is 0.490 e. The highest BCUT2D eigenvalue weighted by molar-refractivity contribution is 5.83. The molecule has 0 unspecified atom stereocenters. The molecule has 0 radical (unpaired) electrons. The Bertz CT molecular complexity index is 1050. The Morgan fingerprint density at radius 3 is 2.56 bits per heavy atom. The van der Waals surface area contributed by atoms with Gasteiger partial charge in [0.05, 0.1) is 23.8 Å². The fourth-order valence-corrected chi connectivity index (χ4v) is 3.14. The van der Waals surface area contributed by atoms with Crippen LogP contribution in [0.4, 0.5) is 17.6 Å². The van der Waals surface area contributed by atoms with Crippen molar-refractivity contribution in [1.29, 1.82) is 0 Å². The molecule has 1 fully saturated rings. The Labute approximate surface area is 181 Å². The Kier molecular flexibility index (Phi) is 7.65. The number of hydrogen-bond donors (Lipinski definition) is 2. The van der Waals surface area contributed by atoms with Crippen LogP contribution in [0, 0.1) is 5.82 Å². The Morgan fingerprint density at radius 1 is 1.09 bits per heavy atom. The lowest BCUT2D eigenvalue weighted by Gasteiger charge is -2.18. The number of fused-ring (bicyclic) bond motifs is 1. The summed E-state index contributed by atoms with van der Waals surface area (Å²) in [6.07, 6.45) is 1.32. The first-order valence-corrected chi connectivity index (χ1v) is 9.83. The highest BCUT2D eigenvalue weighted by Crippen LogP contribution is 2.22. The van der Waals surface area contributed by atoms with Crippen LogP contribution in [0.3, 0.4) is 0 Å². The minimum Gasteiger partial charge on any atom is -0.475 e. The SMILES string of the molecule is Fc1cccc2cc(-c3cnc(CN4CCCNCC4)cn3)cnc12.O=C(O)C(F)(F)F. The number of carboxylic acids is 1. The van der Waals surface area contributed by atoms with Gasteiger partial charge in [0.1, 0.15) is 11.3 Å². The molecule has 11 heteroatoms. The molecule has 4 rings (SSSR count). The number of aromatic nitrogens is 3. The van der Waals surface area contributed by atoms with Crippen LogP contribution in [-0.2, 0) is 11.3 Å². The van der Waals surface area contributed by atoms with Crippen molar-refractivity contribution in [3.63, 3.8) is 0 Å². The van der Waals surface area contributed by atoms with Crippen LogP contribution in [0.5, 0.6) is 0 Å². The molecule has 170 valence electrons. The number of para-hydroxylation sites is 1. The van der Waals surface area contributed by atoms with E-state index in [9.17, 15) is 17.6 Å². The molecular formula is C21H21F4N5O2. The third kappa shape index (κ3) is 6.41. The van der Waals surface area contributed by atoms with E-state index in [-0.39, 0.29) is 5.82 Å². The summed E-state index contributed by atoms with van der Waals surface area (Å²) < 4.78 is 45.5. The van der Waals surface area contributed by atoms with E-state index >= 15 is 0 Å². The number of nitrogens with zero attached hydrogens (tertiary/aromatic N) is 4. The van der Waals surface area contributed by atoms with Crippen molar-refractivity contribution in [3.05, 3.63) is 54.4 Å². The number of alkyl halides is 3. The van der Waals surface area contributed by atoms with E-state index in [0.29, 0.717) is 5.52 Å². The molecule has 7 nitrogen and oxygen atoms in total. The van der Waals surface area contributed by atoms with Crippen LogP contribution < -0.4 is 5.32 Å². The zero-order chi connectivity index (χ0) is 23.1. The van der Waals surface area contributed by atoms with Gasteiger partial charge in [-0.1, -0.05) is 12.1 Å². The predicted molar refractivity (Wildman–Crippen MR) is 109 cm³/mol. The van der Waals surface area contributed by atoms with Crippen LogP contribution in [0.15, 0.2) is 42.9 Å². The highest BCUT2D eigenvalue weighted by Gasteiger charge is 2.38. The maximum absolute atomic E-state index is 13.7. The number of hydrogen-bond acceptors (Lipinski definition) is 6. The first-order valence-electron chi connectivity index (χ1n) is 9.83. The van der Waals surface area contributed by atoms with Crippen LogP contribution in [0.25, 0.3) is 22.2 Å². The van der Waals surface area contributed by atoms with E-state index in [1.54, 1.807) is 18.5 Å². The number of aliphatic carboxylic acids is 1. The fourth-order valence-electron chi connectivity index (χ4n) is 3.14. The number of rotatable bonds is 3. The molecule has 0 aliphatic carbocycles. The van der Waals surface area contributed by atoms with Crippen molar-refractivity contribution in [2.75, 3.05) is 26.2 Å². The minimum atomic E-state index is -5.08. The van der Waals surface area contributed by atoms with E-state index in [4.69, 9.17) is 9.90 Å². The lowest BCUT2D eigenvalue weighted by Crippen LogP contribution is -2.28. The van der Waals surface area contributed by atoms with Gasteiger partial charge in [-0.2, -0.15) is 13.2 Å². The second-order valence-corrected chi connectivity index (χ2v) is 7.11. The lowest BCUT2D eigenvalue weighted by atomic mass is 10.1. The number of halogens is 4. The molecule has 32 heavy (non-hydrogen) atoms. The molecule has 0 atom stereocenters. The number of nitrogens with one attached hydrogen (secondary N) is 1. The summed E-state index contributed by atoms with van der Waals surface area (Å²) in [4.78, 5) is 24.6. The Morgan fingerprint density at radius 2 is 1.88 bits per heavy atom. The van der Waals surface area contributed by atoms with E-state index in [1.807, 2.05) is 18.3 Å². The molecule has 2 N–H and O–H groups in total. The van der Waals surface area contributed by atoms with Crippen LogP contribution in [0.2, 0.25) is 0 Å². The van der Waals surface area contributed by atoms with Crippen LogP contribution in [0.1, 0.15) is 12.1 Å². The zero-order valence-corrected chi connectivity index (χ0v) is 16.9. The summed E-state index contributed by atoms with van der Waals surface area (Å²) in [6.45, 7) is 5.03. The molecule has 0 saturated carbocycles. The van der Waals surface area contributed by atoms with Crippen molar-refractivity contribution in [2.24, 2.45) is 0 Å². The largest absolute Gasteiger partial charge is 0.490 e. The van der Waals surface area contributed by atoms with Crippen molar-refractivity contribution in [1.82, 2.24) is 25.2 Å². The summed E-state index contributed by atoms with van der Waals surface area (Å²) in [5, 5.41) is 11.3. The third-order valence-corrected chi connectivity index (χ3v) is 4.72. The average molecular weight is 451 g/mol. The van der Waals surface area contributed by atoms with Crippen LogP contribution >= 0.6 is 0 Å². The third-order valence-electron chi connectivity index (χ3n) is 4.72. The molecule has 0 bridgehead atoms. The zero-order valence-electron chi connectivity index (χ0n) is 16.9. The first kappa shape index (κ1) is 23.5. The molecule has 3 heterocycles. The summed E-state index contributed by atoms with van der Waals surface area (Å²) in [7, 11) is 0. The summed E-state index contributed by atoms with van der Waals surface area (Å²) in [5.41, 5.74) is 2.94. The molecule has 0 spiro atoms. The van der Waals surface area contributed by atoms with Crippen molar-refractivity contribution in [2.45, 2.75) is 19.1 Å². The molecule has 1 aromatic carbocycles. The van der Waals surface area contributed by atoms with Gasteiger partial charge in [0.15, 0.2) is 0 Å². The number of pyridine rings is 1. The van der Waals surface area contributed by atoms with Gasteiger partial charge in [0.2, 0.25) is 0 Å². The minimum absolute atomic E-state index is 0.308. The van der Waals surface area contributed by atoms with Gasteiger partial charge in [0, 0.05) is 36.8 Å². The lowest BCUT2D eigenvalue weighted by molar-refractivity contribution is -0.192. The first-order chi connectivity index (χ1) is 15.2. The summed E-state index contributed by atoms with van der Waals surface area (Å²) in [5.74, 6) is -3.06. The molecule has 2 aromatic heterocycles. The highest BCUT2D eigenvalue weighted by atomic mass is 19.4. The molecule has 1 saturated heterocycles. The quantitative estimate of drug-likeness (QED) is 0.591. The van der Waals surface area contributed by atoms with Gasteiger partial charge in [-0.25, -0.2) is 9.18 Å². The van der Waals surface area contributed by atoms with E-state index in [2.05, 4.69) is 25.2 Å². The molecule has 0 amide bonds. The van der Waals surface area contributed by atoms with E-state index < -0.39 is 12.1 Å². The van der Waals surface area contributed by atoms with E-state index in [0.717, 1.165) is 61.5 Å². The summed E-state index contributed by atoms with van der Waals surface area (Å²) in [6, 6.07) is 6.86. The van der Waals surface area contributed by atoms with Gasteiger partial charge in [-0.05, 0) is 31.6 Å². The Balaban J connectivity index is 0.000000360. The maximum atomic E-state index is 13.7. The van der Waals surface area contributed by atoms with Gasteiger partial charge >= 0.3 is 12.1 Å². The number of carboxylic acid groups (broad SMARTS) is 1. The second-order valence-electron chi connectivity index (χ2n) is 7.11. The van der Waals surface area contributed by atoms with Gasteiger partial charge in [-0.15, -0.1) is 0 Å².